The number of anilines is 1. The summed E-state index contributed by atoms with van der Waals surface area (Å²) in [6.07, 6.45) is -12.2. The number of hydrogen-bond acceptors (Lipinski definition) is 3. The van der Waals surface area contributed by atoms with E-state index in [1.807, 2.05) is 0 Å². The Morgan fingerprint density at radius 2 is 1.57 bits per heavy atom. The highest BCUT2D eigenvalue weighted by Crippen LogP contribution is 2.35. The van der Waals surface area contributed by atoms with Crippen molar-refractivity contribution in [2.45, 2.75) is 24.6 Å². The zero-order valence-corrected chi connectivity index (χ0v) is 10.1. The number of hydrogen-bond donors (Lipinski definition) is 3. The van der Waals surface area contributed by atoms with Gasteiger partial charge < -0.3 is 15.5 Å². The Morgan fingerprint density at radius 3 is 2.05 bits per heavy atom. The van der Waals surface area contributed by atoms with E-state index in [1.54, 1.807) is 5.32 Å². The molecule has 0 atom stereocenters. The minimum Gasteiger partial charge on any atom is -0.358 e. The minimum absolute atomic E-state index is 0.616. The first-order valence-electron chi connectivity index (χ1n) is 5.32. The highest BCUT2D eigenvalue weighted by Gasteiger charge is 2.54. The lowest BCUT2D eigenvalue weighted by atomic mass is 10.1. The van der Waals surface area contributed by atoms with Gasteiger partial charge in [0, 0.05) is 0 Å². The summed E-state index contributed by atoms with van der Waals surface area (Å²) in [4.78, 5) is 11.3. The van der Waals surface area contributed by atoms with E-state index >= 15 is 0 Å². The van der Waals surface area contributed by atoms with Gasteiger partial charge in [0.25, 0.3) is 5.79 Å². The summed E-state index contributed by atoms with van der Waals surface area (Å²) in [5.74, 6) is -5.96. The van der Waals surface area contributed by atoms with E-state index in [1.165, 1.54) is 0 Å². The van der Waals surface area contributed by atoms with Crippen molar-refractivity contribution in [3.63, 3.8) is 0 Å². The van der Waals surface area contributed by atoms with Gasteiger partial charge in [-0.2, -0.15) is 26.3 Å². The minimum atomic E-state index is -5.52. The van der Waals surface area contributed by atoms with E-state index in [0.717, 1.165) is 18.2 Å². The van der Waals surface area contributed by atoms with Crippen LogP contribution in [0.15, 0.2) is 24.3 Å². The molecule has 0 unspecified atom stereocenters. The van der Waals surface area contributed by atoms with Crippen LogP contribution in [0.4, 0.5) is 32.0 Å². The lowest BCUT2D eigenvalue weighted by Crippen LogP contribution is -2.47. The number of carbonyl (C=O) groups is 1. The first-order valence-corrected chi connectivity index (χ1v) is 5.32. The Kier molecular flexibility index (Phi) is 4.54. The molecule has 4 nitrogen and oxygen atoms in total. The molecular weight excluding hydrogens is 308 g/mol. The van der Waals surface area contributed by atoms with E-state index in [0.29, 0.717) is 6.07 Å². The summed E-state index contributed by atoms with van der Waals surface area (Å²) in [7, 11) is 0. The summed E-state index contributed by atoms with van der Waals surface area (Å²) in [5.41, 5.74) is -2.06. The predicted molar refractivity (Wildman–Crippen MR) is 57.9 cm³/mol. The molecular formula is C11H9F6NO3. The monoisotopic (exact) mass is 317 g/mol. The van der Waals surface area contributed by atoms with Crippen LogP contribution in [-0.4, -0.2) is 28.1 Å². The summed E-state index contributed by atoms with van der Waals surface area (Å²) in [6, 6.07) is 3.59. The van der Waals surface area contributed by atoms with Gasteiger partial charge in [0.05, 0.1) is 17.7 Å². The molecule has 0 aromatic heterocycles. The lowest BCUT2D eigenvalue weighted by molar-refractivity contribution is -0.347. The van der Waals surface area contributed by atoms with Crippen molar-refractivity contribution < 1.29 is 41.4 Å². The largest absolute Gasteiger partial charge is 0.443 e. The molecule has 0 saturated heterocycles. The molecule has 0 bridgehead atoms. The highest BCUT2D eigenvalue weighted by molar-refractivity contribution is 5.92. The second-order valence-corrected chi connectivity index (χ2v) is 4.08. The fourth-order valence-electron chi connectivity index (χ4n) is 1.36. The number of aliphatic hydroxyl groups is 2. The molecule has 1 rings (SSSR count). The normalized spacial score (nSPS) is 13.1. The molecule has 118 valence electrons. The summed E-state index contributed by atoms with van der Waals surface area (Å²) >= 11 is 0. The van der Waals surface area contributed by atoms with Crippen molar-refractivity contribution in [2.75, 3.05) is 5.32 Å². The van der Waals surface area contributed by atoms with Gasteiger partial charge >= 0.3 is 12.4 Å². The third kappa shape index (κ3) is 4.33. The van der Waals surface area contributed by atoms with Gasteiger partial charge in [-0.15, -0.1) is 0 Å². The fourth-order valence-corrected chi connectivity index (χ4v) is 1.36. The van der Waals surface area contributed by atoms with Gasteiger partial charge in [-0.3, -0.25) is 4.79 Å². The molecule has 0 aliphatic heterocycles. The first-order chi connectivity index (χ1) is 9.34. The van der Waals surface area contributed by atoms with Crippen LogP contribution in [-0.2, 0) is 11.0 Å². The Labute approximate surface area is 114 Å². The Hall–Kier alpha value is -1.81. The second-order valence-electron chi connectivity index (χ2n) is 4.08. The van der Waals surface area contributed by atoms with Crippen LogP contribution in [0.1, 0.15) is 12.0 Å². The summed E-state index contributed by atoms with van der Waals surface area (Å²) in [6.45, 7) is 0. The quantitative estimate of drug-likeness (QED) is 0.592. The standard InChI is InChI=1S/C11H9F6NO3/c12-10(13,14)6-3-1-2-4-7(6)18-8(19)5-9(20,21)11(15,16)17/h1-4,20-21H,5H2,(H,18,19). The Balaban J connectivity index is 2.91. The second kappa shape index (κ2) is 5.53. The predicted octanol–water partition coefficient (Wildman–Crippen LogP) is 2.28. The number of amides is 1. The zero-order chi connectivity index (χ0) is 16.5. The average molecular weight is 317 g/mol. The van der Waals surface area contributed by atoms with Crippen LogP contribution < -0.4 is 5.32 Å². The third-order valence-electron chi connectivity index (χ3n) is 2.37. The molecule has 1 aromatic rings. The van der Waals surface area contributed by atoms with Crippen LogP contribution in [0, 0.1) is 0 Å². The van der Waals surface area contributed by atoms with Crippen LogP contribution in [0.25, 0.3) is 0 Å². The van der Waals surface area contributed by atoms with Crippen molar-refractivity contribution in [1.29, 1.82) is 0 Å². The maximum Gasteiger partial charge on any atom is 0.443 e. The van der Waals surface area contributed by atoms with Crippen LogP contribution >= 0.6 is 0 Å². The summed E-state index contributed by atoms with van der Waals surface area (Å²) < 4.78 is 74.2. The van der Waals surface area contributed by atoms with E-state index in [2.05, 4.69) is 0 Å². The highest BCUT2D eigenvalue weighted by atomic mass is 19.4. The van der Waals surface area contributed by atoms with E-state index in [-0.39, 0.29) is 0 Å². The lowest BCUT2D eigenvalue weighted by Gasteiger charge is -2.24. The molecule has 0 fully saturated rings. The Bertz CT molecular complexity index is 523. The fraction of sp³-hybridized carbons (Fsp3) is 0.364. The first kappa shape index (κ1) is 17.2. The number of nitrogens with one attached hydrogen (secondary N) is 1. The van der Waals surface area contributed by atoms with Crippen molar-refractivity contribution in [3.05, 3.63) is 29.8 Å². The van der Waals surface area contributed by atoms with E-state index in [9.17, 15) is 31.1 Å². The molecule has 0 spiro atoms. The molecule has 0 aliphatic carbocycles. The maximum atomic E-state index is 12.6. The Morgan fingerprint density at radius 1 is 1.05 bits per heavy atom. The molecule has 0 radical (unpaired) electrons. The van der Waals surface area contributed by atoms with Gasteiger partial charge in [0.2, 0.25) is 5.91 Å². The van der Waals surface area contributed by atoms with Crippen LogP contribution in [0.5, 0.6) is 0 Å². The smallest absolute Gasteiger partial charge is 0.358 e. The number of halogens is 6. The van der Waals surface area contributed by atoms with Crippen LogP contribution in [0.2, 0.25) is 0 Å². The van der Waals surface area contributed by atoms with Crippen molar-refractivity contribution >= 4 is 11.6 Å². The van der Waals surface area contributed by atoms with Crippen molar-refractivity contribution in [2.24, 2.45) is 0 Å². The number of alkyl halides is 6. The van der Waals surface area contributed by atoms with Gasteiger partial charge in [-0.05, 0) is 12.1 Å². The number of carbonyl (C=O) groups excluding carboxylic acids is 1. The zero-order valence-electron chi connectivity index (χ0n) is 10.1. The number of rotatable bonds is 3. The molecule has 1 aromatic carbocycles. The average Bonchev–Trinajstić information content (AvgIpc) is 2.25. The van der Waals surface area contributed by atoms with Gasteiger partial charge in [0.1, 0.15) is 0 Å². The molecule has 10 heteroatoms. The number of benzene rings is 1. The van der Waals surface area contributed by atoms with Gasteiger partial charge in [0.15, 0.2) is 0 Å². The summed E-state index contributed by atoms with van der Waals surface area (Å²) in [5, 5.41) is 18.9. The topological polar surface area (TPSA) is 69.6 Å². The molecule has 3 N–H and O–H groups in total. The van der Waals surface area contributed by atoms with Crippen molar-refractivity contribution in [1.82, 2.24) is 0 Å². The van der Waals surface area contributed by atoms with Crippen molar-refractivity contribution in [3.8, 4) is 0 Å². The molecule has 0 saturated carbocycles. The SMILES string of the molecule is O=C(CC(O)(O)C(F)(F)F)Nc1ccccc1C(F)(F)F. The number of para-hydroxylation sites is 1. The molecule has 0 aliphatic rings. The molecule has 0 heterocycles. The van der Waals surface area contributed by atoms with Gasteiger partial charge in [-0.1, -0.05) is 12.1 Å². The molecule has 21 heavy (non-hydrogen) atoms. The van der Waals surface area contributed by atoms with Crippen LogP contribution in [0.3, 0.4) is 0 Å². The third-order valence-corrected chi connectivity index (χ3v) is 2.37. The maximum absolute atomic E-state index is 12.6. The van der Waals surface area contributed by atoms with E-state index < -0.39 is 41.7 Å². The van der Waals surface area contributed by atoms with Gasteiger partial charge in [-0.25, -0.2) is 0 Å². The van der Waals surface area contributed by atoms with E-state index in [4.69, 9.17) is 10.2 Å². The molecule has 1 amide bonds.